The summed E-state index contributed by atoms with van der Waals surface area (Å²) >= 11 is 0. The predicted octanol–water partition coefficient (Wildman–Crippen LogP) is 0.00400. The van der Waals surface area contributed by atoms with Crippen molar-refractivity contribution >= 4 is 34.1 Å². The number of rotatable bonds is 0. The molecule has 10 heteroatoms. The number of nitrogen functional groups attached to an aromatic ring is 2. The fourth-order valence-corrected chi connectivity index (χ4v) is 1.63. The van der Waals surface area contributed by atoms with Crippen LogP contribution >= 0.6 is 0 Å². The van der Waals surface area contributed by atoms with Gasteiger partial charge >= 0.3 is 0 Å². The van der Waals surface area contributed by atoms with E-state index in [1.165, 1.54) is 18.7 Å². The molecule has 4 N–H and O–H groups in total. The van der Waals surface area contributed by atoms with Crippen molar-refractivity contribution in [2.24, 2.45) is 0 Å². The molecule has 0 amide bonds. The van der Waals surface area contributed by atoms with E-state index in [9.17, 15) is 0 Å². The Hall–Kier alpha value is -3.56. The van der Waals surface area contributed by atoms with E-state index in [1.54, 1.807) is 18.6 Å². The minimum absolute atomic E-state index is 0.112. The number of aromatic nitrogens is 8. The molecule has 0 aliphatic rings. The molecule has 0 aromatic carbocycles. The highest BCUT2D eigenvalue weighted by atomic mass is 15.1. The van der Waals surface area contributed by atoms with Crippen molar-refractivity contribution < 1.29 is 0 Å². The van der Waals surface area contributed by atoms with Gasteiger partial charge < -0.3 is 11.5 Å². The molecular weight excluding hydrogens is 284 g/mol. The van der Waals surface area contributed by atoms with E-state index in [0.29, 0.717) is 16.8 Å². The maximum absolute atomic E-state index is 5.52. The molecule has 0 radical (unpaired) electrons. The lowest BCUT2D eigenvalue weighted by Crippen LogP contribution is -2.02. The van der Waals surface area contributed by atoms with Crippen LogP contribution in [0, 0.1) is 0 Å². The fourth-order valence-electron chi connectivity index (χ4n) is 1.63. The van der Waals surface area contributed by atoms with Crippen LogP contribution in [0.5, 0.6) is 0 Å². The molecule has 0 saturated heterocycles. The zero-order valence-corrected chi connectivity index (χ0v) is 11.2. The number of anilines is 2. The minimum Gasteiger partial charge on any atom is -0.382 e. The fraction of sp³-hybridized carbons (Fsp3) is 0. The molecule has 0 bridgehead atoms. The summed E-state index contributed by atoms with van der Waals surface area (Å²) in [7, 11) is 0. The SMILES string of the molecule is Nc1nc(N)c2nccnc2n1.c1cnc2ncncc2n1. The van der Waals surface area contributed by atoms with E-state index in [4.69, 9.17) is 11.5 Å². The molecule has 4 heterocycles. The summed E-state index contributed by atoms with van der Waals surface area (Å²) in [4.78, 5) is 31.1. The third-order valence-electron chi connectivity index (χ3n) is 2.53. The van der Waals surface area contributed by atoms with Crippen LogP contribution < -0.4 is 11.5 Å². The Morgan fingerprint density at radius 2 is 1.45 bits per heavy atom. The normalized spacial score (nSPS) is 10.2. The van der Waals surface area contributed by atoms with Crippen molar-refractivity contribution in [3.05, 3.63) is 37.3 Å². The topological polar surface area (TPSA) is 155 Å². The van der Waals surface area contributed by atoms with E-state index in [2.05, 4.69) is 39.9 Å². The molecule has 0 aliphatic carbocycles. The van der Waals surface area contributed by atoms with Gasteiger partial charge in [-0.25, -0.2) is 29.9 Å². The van der Waals surface area contributed by atoms with Crippen LogP contribution in [0.2, 0.25) is 0 Å². The highest BCUT2D eigenvalue weighted by molar-refractivity contribution is 5.81. The number of hydrogen-bond acceptors (Lipinski definition) is 10. The second-order valence-corrected chi connectivity index (χ2v) is 3.98. The Morgan fingerprint density at radius 3 is 2.27 bits per heavy atom. The highest BCUT2D eigenvalue weighted by Gasteiger charge is 2.03. The third-order valence-corrected chi connectivity index (χ3v) is 2.53. The van der Waals surface area contributed by atoms with Gasteiger partial charge in [-0.2, -0.15) is 9.97 Å². The molecule has 108 valence electrons. The van der Waals surface area contributed by atoms with Crippen LogP contribution in [0.25, 0.3) is 22.3 Å². The molecule has 4 aromatic heterocycles. The molecule has 0 saturated carbocycles. The highest BCUT2D eigenvalue weighted by Crippen LogP contribution is 2.11. The first-order chi connectivity index (χ1) is 10.7. The molecule has 0 spiro atoms. The first kappa shape index (κ1) is 13.4. The average Bonchev–Trinajstić information content (AvgIpc) is 2.55. The maximum Gasteiger partial charge on any atom is 0.224 e. The second kappa shape index (κ2) is 5.83. The Balaban J connectivity index is 0.000000133. The Morgan fingerprint density at radius 1 is 0.727 bits per heavy atom. The smallest absolute Gasteiger partial charge is 0.224 e. The van der Waals surface area contributed by atoms with E-state index < -0.39 is 0 Å². The summed E-state index contributed by atoms with van der Waals surface area (Å²) in [5, 5.41) is 0. The lowest BCUT2D eigenvalue weighted by molar-refractivity contribution is 1.15. The van der Waals surface area contributed by atoms with E-state index in [-0.39, 0.29) is 11.8 Å². The zero-order chi connectivity index (χ0) is 15.4. The summed E-state index contributed by atoms with van der Waals surface area (Å²) in [5.41, 5.74) is 13.1. The molecule has 0 aliphatic heterocycles. The van der Waals surface area contributed by atoms with Crippen LogP contribution in [0.1, 0.15) is 0 Å². The monoisotopic (exact) mass is 294 g/mol. The molecule has 4 aromatic rings. The summed E-state index contributed by atoms with van der Waals surface area (Å²) in [5.74, 6) is 0.367. The van der Waals surface area contributed by atoms with Gasteiger partial charge in [0.2, 0.25) is 5.95 Å². The van der Waals surface area contributed by atoms with Crippen LogP contribution in [0.4, 0.5) is 11.8 Å². The average molecular weight is 294 g/mol. The van der Waals surface area contributed by atoms with Gasteiger partial charge in [0.1, 0.15) is 17.4 Å². The van der Waals surface area contributed by atoms with E-state index in [0.717, 1.165) is 5.52 Å². The number of nitrogens with two attached hydrogens (primary N) is 2. The molecule has 22 heavy (non-hydrogen) atoms. The van der Waals surface area contributed by atoms with Gasteiger partial charge in [0.05, 0.1) is 6.20 Å². The lowest BCUT2D eigenvalue weighted by Gasteiger charge is -1.98. The van der Waals surface area contributed by atoms with Crippen LogP contribution in [0.15, 0.2) is 37.3 Å². The molecule has 10 nitrogen and oxygen atoms in total. The summed E-state index contributed by atoms with van der Waals surface area (Å²) < 4.78 is 0. The quantitative estimate of drug-likeness (QED) is 0.452. The van der Waals surface area contributed by atoms with E-state index in [1.807, 2.05) is 0 Å². The van der Waals surface area contributed by atoms with Crippen LogP contribution in [-0.4, -0.2) is 39.9 Å². The molecular formula is C12H10N10. The minimum atomic E-state index is 0.112. The van der Waals surface area contributed by atoms with Gasteiger partial charge in [-0.1, -0.05) is 0 Å². The van der Waals surface area contributed by atoms with Crippen molar-refractivity contribution in [3.63, 3.8) is 0 Å². The van der Waals surface area contributed by atoms with Gasteiger partial charge in [-0.15, -0.1) is 0 Å². The zero-order valence-electron chi connectivity index (χ0n) is 11.2. The number of fused-ring (bicyclic) bond motifs is 2. The number of nitrogens with zero attached hydrogens (tertiary/aromatic N) is 8. The Kier molecular flexibility index (Phi) is 3.56. The van der Waals surface area contributed by atoms with Crippen molar-refractivity contribution in [2.45, 2.75) is 0 Å². The van der Waals surface area contributed by atoms with Gasteiger partial charge in [-0.05, 0) is 0 Å². The molecule has 0 fully saturated rings. The van der Waals surface area contributed by atoms with Crippen LogP contribution in [-0.2, 0) is 0 Å². The van der Waals surface area contributed by atoms with Crippen molar-refractivity contribution in [2.75, 3.05) is 11.5 Å². The Labute approximate surface area is 123 Å². The lowest BCUT2D eigenvalue weighted by atomic mass is 10.5. The standard InChI is InChI=1S/C6H6N6.C6H4N4/c7-4-3-5(10-2-1-9-3)12-6(8)11-4;1-2-9-6-5(8-1)3-7-4-10-6/h1-2H,(H4,7,8,10,11,12);1-4H. The second-order valence-electron chi connectivity index (χ2n) is 3.98. The molecule has 4 rings (SSSR count). The first-order valence-electron chi connectivity index (χ1n) is 6.10. The molecule has 0 unspecified atom stereocenters. The number of hydrogen-bond donors (Lipinski definition) is 2. The summed E-state index contributed by atoms with van der Waals surface area (Å²) in [6, 6.07) is 0. The van der Waals surface area contributed by atoms with Gasteiger partial charge in [0, 0.05) is 24.8 Å². The Bertz CT molecular complexity index is 860. The largest absolute Gasteiger partial charge is 0.382 e. The van der Waals surface area contributed by atoms with Gasteiger partial charge in [0.25, 0.3) is 0 Å². The van der Waals surface area contributed by atoms with Gasteiger partial charge in [0.15, 0.2) is 17.1 Å². The van der Waals surface area contributed by atoms with Crippen molar-refractivity contribution in [1.29, 1.82) is 0 Å². The van der Waals surface area contributed by atoms with Crippen LogP contribution in [0.3, 0.4) is 0 Å². The summed E-state index contributed by atoms with van der Waals surface area (Å²) in [6.07, 6.45) is 9.36. The summed E-state index contributed by atoms with van der Waals surface area (Å²) in [6.45, 7) is 0. The van der Waals surface area contributed by atoms with E-state index >= 15 is 0 Å². The third kappa shape index (κ3) is 2.80. The van der Waals surface area contributed by atoms with Crippen molar-refractivity contribution in [3.8, 4) is 0 Å². The van der Waals surface area contributed by atoms with Gasteiger partial charge in [-0.3, -0.25) is 0 Å². The predicted molar refractivity (Wildman–Crippen MR) is 79.1 cm³/mol. The molecule has 0 atom stereocenters. The van der Waals surface area contributed by atoms with Crippen molar-refractivity contribution in [1.82, 2.24) is 39.9 Å². The maximum atomic E-state index is 5.52. The first-order valence-corrected chi connectivity index (χ1v) is 6.10.